The zero-order chi connectivity index (χ0) is 26.5. The van der Waals surface area contributed by atoms with Crippen LogP contribution >= 0.6 is 11.8 Å². The van der Waals surface area contributed by atoms with E-state index < -0.39 is 60.2 Å². The van der Waals surface area contributed by atoms with E-state index in [0.717, 1.165) is 0 Å². The van der Waals surface area contributed by atoms with Gasteiger partial charge in [-0.15, -0.1) is 0 Å². The normalized spacial score (nSPS) is 14.4. The third-order valence-electron chi connectivity index (χ3n) is 4.94. The van der Waals surface area contributed by atoms with Crippen molar-refractivity contribution in [3.8, 4) is 0 Å². The molecule has 1 aromatic rings. The molecule has 0 aliphatic heterocycles. The first-order valence-electron chi connectivity index (χ1n) is 11.1. The Labute approximate surface area is 207 Å². The molecule has 0 saturated carbocycles. The molecule has 13 nitrogen and oxygen atoms in total. The molecule has 196 valence electrons. The molecular weight excluding hydrogens is 478 g/mol. The molecule has 1 rings (SSSR count). The third kappa shape index (κ3) is 11.2. The summed E-state index contributed by atoms with van der Waals surface area (Å²) in [6.45, 7) is 3.64. The zero-order valence-corrected chi connectivity index (χ0v) is 20.9. The number of carboxylic acids is 1. The number of thioether (sulfide) groups is 1. The summed E-state index contributed by atoms with van der Waals surface area (Å²) in [4.78, 5) is 68.0. The van der Waals surface area contributed by atoms with E-state index in [1.807, 2.05) is 20.1 Å². The van der Waals surface area contributed by atoms with Crippen LogP contribution in [0.15, 0.2) is 12.5 Å². The number of amides is 4. The number of aromatic amines is 1. The van der Waals surface area contributed by atoms with Gasteiger partial charge in [-0.3, -0.25) is 19.2 Å². The predicted octanol–water partition coefficient (Wildman–Crippen LogP) is -1.51. The van der Waals surface area contributed by atoms with Gasteiger partial charge in [-0.05, 0) is 30.8 Å². The molecule has 1 aromatic heterocycles. The van der Waals surface area contributed by atoms with Crippen molar-refractivity contribution in [2.75, 3.05) is 12.0 Å². The van der Waals surface area contributed by atoms with Crippen molar-refractivity contribution in [2.45, 2.75) is 63.7 Å². The van der Waals surface area contributed by atoms with E-state index in [4.69, 9.17) is 11.5 Å². The van der Waals surface area contributed by atoms with Crippen molar-refractivity contribution in [3.05, 3.63) is 18.2 Å². The molecule has 14 heteroatoms. The number of carboxylic acid groups (broad SMARTS) is 1. The minimum atomic E-state index is -1.34. The number of carbonyl (C=O) groups is 5. The summed E-state index contributed by atoms with van der Waals surface area (Å²) in [5.41, 5.74) is 11.6. The number of nitrogens with two attached hydrogens (primary N) is 2. The molecule has 0 aliphatic carbocycles. The summed E-state index contributed by atoms with van der Waals surface area (Å²) in [6.07, 6.45) is 4.69. The van der Waals surface area contributed by atoms with Crippen molar-refractivity contribution in [1.29, 1.82) is 0 Å². The summed E-state index contributed by atoms with van der Waals surface area (Å²) >= 11 is 1.50. The Bertz CT molecular complexity index is 864. The van der Waals surface area contributed by atoms with E-state index in [0.29, 0.717) is 17.9 Å². The van der Waals surface area contributed by atoms with E-state index in [2.05, 4.69) is 25.9 Å². The molecule has 4 unspecified atom stereocenters. The third-order valence-corrected chi connectivity index (χ3v) is 5.59. The molecule has 1 heterocycles. The topological polar surface area (TPSA) is 222 Å². The van der Waals surface area contributed by atoms with Gasteiger partial charge in [0, 0.05) is 18.3 Å². The van der Waals surface area contributed by atoms with Gasteiger partial charge in [-0.25, -0.2) is 9.78 Å². The first kappa shape index (κ1) is 29.9. The molecule has 0 saturated heterocycles. The lowest BCUT2D eigenvalue weighted by molar-refractivity contribution is -0.142. The van der Waals surface area contributed by atoms with Gasteiger partial charge in [-0.2, -0.15) is 11.8 Å². The van der Waals surface area contributed by atoms with E-state index in [-0.39, 0.29) is 18.8 Å². The fraction of sp³-hybridized carbons (Fsp3) is 0.619. The van der Waals surface area contributed by atoms with Crippen LogP contribution < -0.4 is 27.4 Å². The predicted molar refractivity (Wildman–Crippen MR) is 130 cm³/mol. The number of rotatable bonds is 16. The Morgan fingerprint density at radius 1 is 1.06 bits per heavy atom. The number of hydrogen-bond acceptors (Lipinski definition) is 8. The molecule has 0 bridgehead atoms. The van der Waals surface area contributed by atoms with Crippen LogP contribution in [0, 0.1) is 5.92 Å². The zero-order valence-electron chi connectivity index (χ0n) is 20.1. The second-order valence-electron chi connectivity index (χ2n) is 8.49. The number of imidazole rings is 1. The van der Waals surface area contributed by atoms with Gasteiger partial charge < -0.3 is 37.5 Å². The highest BCUT2D eigenvalue weighted by Gasteiger charge is 2.31. The van der Waals surface area contributed by atoms with Crippen LogP contribution in [0.2, 0.25) is 0 Å². The lowest BCUT2D eigenvalue weighted by atomic mass is 10.0. The molecule has 9 N–H and O–H groups in total. The Morgan fingerprint density at radius 2 is 1.66 bits per heavy atom. The second kappa shape index (κ2) is 15.0. The maximum absolute atomic E-state index is 12.9. The van der Waals surface area contributed by atoms with Gasteiger partial charge in [0.25, 0.3) is 0 Å². The van der Waals surface area contributed by atoms with Gasteiger partial charge in [0.05, 0.1) is 18.8 Å². The number of hydrogen-bond donors (Lipinski definition) is 7. The van der Waals surface area contributed by atoms with E-state index >= 15 is 0 Å². The summed E-state index contributed by atoms with van der Waals surface area (Å²) in [6, 6.07) is -4.63. The molecule has 0 spiro atoms. The average Bonchev–Trinajstić information content (AvgIpc) is 3.28. The highest BCUT2D eigenvalue weighted by molar-refractivity contribution is 7.98. The monoisotopic (exact) mass is 513 g/mol. The van der Waals surface area contributed by atoms with E-state index in [1.54, 1.807) is 0 Å². The minimum absolute atomic E-state index is 0.0439. The Morgan fingerprint density at radius 3 is 2.17 bits per heavy atom. The molecule has 4 atom stereocenters. The maximum Gasteiger partial charge on any atom is 0.326 e. The molecular formula is C21H35N7O6S. The molecule has 0 aliphatic rings. The van der Waals surface area contributed by atoms with Gasteiger partial charge >= 0.3 is 5.97 Å². The molecule has 0 fully saturated rings. The smallest absolute Gasteiger partial charge is 0.326 e. The van der Waals surface area contributed by atoms with Crippen molar-refractivity contribution < 1.29 is 29.1 Å². The molecule has 4 amide bonds. The van der Waals surface area contributed by atoms with E-state index in [1.165, 1.54) is 24.3 Å². The van der Waals surface area contributed by atoms with Crippen molar-refractivity contribution in [2.24, 2.45) is 17.4 Å². The fourth-order valence-electron chi connectivity index (χ4n) is 3.13. The number of nitrogens with zero attached hydrogens (tertiary/aromatic N) is 1. The van der Waals surface area contributed by atoms with Crippen molar-refractivity contribution >= 4 is 41.4 Å². The number of carbonyl (C=O) groups excluding carboxylic acids is 4. The van der Waals surface area contributed by atoms with Crippen LogP contribution in [0.1, 0.15) is 38.8 Å². The first-order valence-corrected chi connectivity index (χ1v) is 12.5. The van der Waals surface area contributed by atoms with Crippen molar-refractivity contribution in [1.82, 2.24) is 25.9 Å². The SMILES string of the molecule is CSCCC(N)C(=O)NC(CC(N)=O)C(=O)NC(CC(C)C)C(=O)NC(Cc1cnc[nH]1)C(=O)O. The van der Waals surface area contributed by atoms with Crippen LogP contribution in [0.25, 0.3) is 0 Å². The fourth-order valence-corrected chi connectivity index (χ4v) is 3.62. The standard InChI is InChI=1S/C21H35N7O6S/c1-11(2)6-14(19(31)28-16(21(33)34)7-12-9-24-10-25-12)27-20(32)15(8-17(23)29)26-18(30)13(22)4-5-35-3/h9-11,13-16H,4-8,22H2,1-3H3,(H2,23,29)(H,24,25)(H,26,30)(H,27,32)(H,28,31)(H,33,34). The maximum atomic E-state index is 12.9. The summed E-state index contributed by atoms with van der Waals surface area (Å²) in [5.74, 6) is -3.68. The molecule has 0 radical (unpaired) electrons. The highest BCUT2D eigenvalue weighted by atomic mass is 32.2. The van der Waals surface area contributed by atoms with Crippen LogP contribution in [0.5, 0.6) is 0 Å². The van der Waals surface area contributed by atoms with Gasteiger partial charge in [0.1, 0.15) is 18.1 Å². The van der Waals surface area contributed by atoms with Crippen LogP contribution in [0.3, 0.4) is 0 Å². The van der Waals surface area contributed by atoms with Gasteiger partial charge in [0.2, 0.25) is 23.6 Å². The van der Waals surface area contributed by atoms with E-state index in [9.17, 15) is 29.1 Å². The minimum Gasteiger partial charge on any atom is -0.480 e. The van der Waals surface area contributed by atoms with Gasteiger partial charge in [0.15, 0.2) is 0 Å². The molecule has 0 aromatic carbocycles. The second-order valence-corrected chi connectivity index (χ2v) is 9.48. The largest absolute Gasteiger partial charge is 0.480 e. The van der Waals surface area contributed by atoms with Crippen LogP contribution in [-0.4, -0.2) is 80.8 Å². The number of nitrogens with one attached hydrogen (secondary N) is 4. The summed E-state index contributed by atoms with van der Waals surface area (Å²) < 4.78 is 0. The average molecular weight is 514 g/mol. The highest BCUT2D eigenvalue weighted by Crippen LogP contribution is 2.08. The number of H-pyrrole nitrogens is 1. The first-order chi connectivity index (χ1) is 16.4. The Balaban J connectivity index is 2.96. The Kier molecular flexibility index (Phi) is 12.8. The molecule has 35 heavy (non-hydrogen) atoms. The van der Waals surface area contributed by atoms with Crippen LogP contribution in [0.4, 0.5) is 0 Å². The van der Waals surface area contributed by atoms with Crippen molar-refractivity contribution in [3.63, 3.8) is 0 Å². The quantitative estimate of drug-likeness (QED) is 0.136. The number of primary amides is 1. The lowest BCUT2D eigenvalue weighted by Crippen LogP contribution is -2.58. The van der Waals surface area contributed by atoms with Gasteiger partial charge in [-0.1, -0.05) is 13.8 Å². The number of aliphatic carboxylic acids is 1. The number of aromatic nitrogens is 2. The Hall–Kier alpha value is -3.13. The van der Waals surface area contributed by atoms with Crippen LogP contribution in [-0.2, 0) is 30.4 Å². The summed E-state index contributed by atoms with van der Waals surface area (Å²) in [7, 11) is 0. The summed E-state index contributed by atoms with van der Waals surface area (Å²) in [5, 5.41) is 16.9. The lowest BCUT2D eigenvalue weighted by Gasteiger charge is -2.25.